The van der Waals surface area contributed by atoms with Crippen molar-refractivity contribution >= 4 is 23.4 Å². The van der Waals surface area contributed by atoms with Crippen LogP contribution in [-0.2, 0) is 9.53 Å². The van der Waals surface area contributed by atoms with Gasteiger partial charge >= 0.3 is 5.97 Å². The number of benzene rings is 3. The zero-order valence-electron chi connectivity index (χ0n) is 14.0. The van der Waals surface area contributed by atoms with Crippen molar-refractivity contribution in [2.24, 2.45) is 0 Å². The highest BCUT2D eigenvalue weighted by atomic mass is 35.5. The van der Waals surface area contributed by atoms with Crippen LogP contribution in [0.25, 0.3) is 0 Å². The highest BCUT2D eigenvalue weighted by Crippen LogP contribution is 2.26. The molecule has 0 bridgehead atoms. The lowest BCUT2D eigenvalue weighted by Crippen LogP contribution is -2.21. The van der Waals surface area contributed by atoms with E-state index in [4.69, 9.17) is 16.3 Å². The van der Waals surface area contributed by atoms with Crippen molar-refractivity contribution in [1.82, 2.24) is 0 Å². The molecule has 0 aliphatic carbocycles. The Hall–Kier alpha value is -2.91. The molecule has 0 heterocycles. The van der Waals surface area contributed by atoms with E-state index in [0.29, 0.717) is 10.6 Å². The Morgan fingerprint density at radius 2 is 1.38 bits per heavy atom. The van der Waals surface area contributed by atoms with E-state index in [1.165, 1.54) is 0 Å². The summed E-state index contributed by atoms with van der Waals surface area (Å²) in [4.78, 5) is 25.0. The summed E-state index contributed by atoms with van der Waals surface area (Å²) in [5, 5.41) is 0.466. The van der Waals surface area contributed by atoms with Crippen molar-refractivity contribution in [3.8, 4) is 0 Å². The second-order valence-electron chi connectivity index (χ2n) is 5.80. The molecule has 4 heteroatoms. The number of rotatable bonds is 6. The summed E-state index contributed by atoms with van der Waals surface area (Å²) in [6.45, 7) is -0.324. The van der Waals surface area contributed by atoms with Crippen molar-refractivity contribution in [2.45, 2.75) is 5.92 Å². The van der Waals surface area contributed by atoms with Crippen LogP contribution in [-0.4, -0.2) is 18.4 Å². The van der Waals surface area contributed by atoms with Crippen molar-refractivity contribution in [3.63, 3.8) is 0 Å². The first kappa shape index (κ1) is 17.9. The fraction of sp³-hybridized carbons (Fsp3) is 0.0909. The minimum absolute atomic E-state index is 0.291. The van der Waals surface area contributed by atoms with Gasteiger partial charge in [-0.05, 0) is 23.3 Å². The summed E-state index contributed by atoms with van der Waals surface area (Å²) >= 11 is 5.90. The van der Waals surface area contributed by atoms with Crippen molar-refractivity contribution < 1.29 is 14.3 Å². The maximum Gasteiger partial charge on any atom is 0.318 e. The molecule has 0 aromatic heterocycles. The number of carbonyl (C=O) groups excluding carboxylic acids is 2. The zero-order chi connectivity index (χ0) is 18.4. The van der Waals surface area contributed by atoms with E-state index in [-0.39, 0.29) is 12.4 Å². The molecule has 0 saturated carbocycles. The molecule has 3 aromatic rings. The van der Waals surface area contributed by atoms with Gasteiger partial charge < -0.3 is 4.74 Å². The Morgan fingerprint density at radius 3 is 1.92 bits per heavy atom. The number of hydrogen-bond acceptors (Lipinski definition) is 3. The Labute approximate surface area is 157 Å². The summed E-state index contributed by atoms with van der Waals surface area (Å²) < 4.78 is 5.34. The predicted molar refractivity (Wildman–Crippen MR) is 101 cm³/mol. The van der Waals surface area contributed by atoms with E-state index >= 15 is 0 Å². The summed E-state index contributed by atoms with van der Waals surface area (Å²) in [5.41, 5.74) is 2.05. The molecule has 0 saturated heterocycles. The van der Waals surface area contributed by atoms with Gasteiger partial charge in [0.2, 0.25) is 0 Å². The highest BCUT2D eigenvalue weighted by Gasteiger charge is 2.25. The van der Waals surface area contributed by atoms with Gasteiger partial charge in [-0.15, -0.1) is 0 Å². The lowest BCUT2D eigenvalue weighted by molar-refractivity contribution is -0.143. The molecule has 0 fully saturated rings. The molecule has 3 rings (SSSR count). The fourth-order valence-corrected chi connectivity index (χ4v) is 2.91. The summed E-state index contributed by atoms with van der Waals surface area (Å²) in [7, 11) is 0. The molecule has 0 amide bonds. The van der Waals surface area contributed by atoms with Crippen LogP contribution >= 0.6 is 11.6 Å². The Morgan fingerprint density at radius 1 is 0.808 bits per heavy atom. The van der Waals surface area contributed by atoms with Gasteiger partial charge in [0.05, 0.1) is 0 Å². The molecule has 3 aromatic carbocycles. The van der Waals surface area contributed by atoms with Gasteiger partial charge in [-0.25, -0.2) is 0 Å². The number of hydrogen-bond donors (Lipinski definition) is 0. The smallest absolute Gasteiger partial charge is 0.318 e. The zero-order valence-corrected chi connectivity index (χ0v) is 14.7. The maximum atomic E-state index is 12.7. The van der Waals surface area contributed by atoms with Crippen LogP contribution in [0.5, 0.6) is 0 Å². The molecule has 0 N–H and O–H groups in total. The second kappa shape index (κ2) is 8.45. The van der Waals surface area contributed by atoms with Crippen LogP contribution in [0.1, 0.15) is 27.4 Å². The number of esters is 1. The normalized spacial score (nSPS) is 10.5. The molecule has 0 spiro atoms. The van der Waals surface area contributed by atoms with Gasteiger partial charge in [0, 0.05) is 10.6 Å². The molecule has 130 valence electrons. The Bertz CT molecular complexity index is 852. The summed E-state index contributed by atoms with van der Waals surface area (Å²) in [6.07, 6.45) is 0. The Kier molecular flexibility index (Phi) is 5.82. The van der Waals surface area contributed by atoms with Crippen LogP contribution in [0.3, 0.4) is 0 Å². The van der Waals surface area contributed by atoms with Gasteiger partial charge in [0.25, 0.3) is 0 Å². The molecular weight excluding hydrogens is 348 g/mol. The Balaban J connectivity index is 1.77. The van der Waals surface area contributed by atoms with Crippen LogP contribution in [0.4, 0.5) is 0 Å². The third kappa shape index (κ3) is 4.38. The van der Waals surface area contributed by atoms with Gasteiger partial charge in [-0.3, -0.25) is 9.59 Å². The van der Waals surface area contributed by atoms with Gasteiger partial charge in [0.15, 0.2) is 12.4 Å². The summed E-state index contributed by atoms with van der Waals surface area (Å²) in [6, 6.07) is 25.3. The first-order valence-electron chi connectivity index (χ1n) is 8.20. The maximum absolute atomic E-state index is 12.7. The van der Waals surface area contributed by atoms with Crippen molar-refractivity contribution in [3.05, 3.63) is 107 Å². The standard InChI is InChI=1S/C22H17ClO3/c23-19-13-7-12-18(14-19)20(24)15-26-22(25)21(16-8-3-1-4-9-16)17-10-5-2-6-11-17/h1-14,21H,15H2. The lowest BCUT2D eigenvalue weighted by Gasteiger charge is -2.17. The van der Waals surface area contributed by atoms with E-state index < -0.39 is 11.9 Å². The highest BCUT2D eigenvalue weighted by molar-refractivity contribution is 6.31. The first-order valence-corrected chi connectivity index (χ1v) is 8.58. The van der Waals surface area contributed by atoms with E-state index in [2.05, 4.69) is 0 Å². The molecule has 3 nitrogen and oxygen atoms in total. The van der Waals surface area contributed by atoms with Gasteiger partial charge in [-0.1, -0.05) is 84.4 Å². The van der Waals surface area contributed by atoms with Crippen LogP contribution in [0.15, 0.2) is 84.9 Å². The average Bonchev–Trinajstić information content (AvgIpc) is 2.68. The monoisotopic (exact) mass is 364 g/mol. The van der Waals surface area contributed by atoms with E-state index in [0.717, 1.165) is 11.1 Å². The van der Waals surface area contributed by atoms with E-state index in [1.54, 1.807) is 24.3 Å². The third-order valence-corrected chi connectivity index (χ3v) is 4.23. The number of carbonyl (C=O) groups is 2. The first-order chi connectivity index (χ1) is 12.6. The van der Waals surface area contributed by atoms with Crippen molar-refractivity contribution in [1.29, 1.82) is 0 Å². The lowest BCUT2D eigenvalue weighted by atomic mass is 9.91. The second-order valence-corrected chi connectivity index (χ2v) is 6.23. The fourth-order valence-electron chi connectivity index (χ4n) is 2.72. The topological polar surface area (TPSA) is 43.4 Å². The number of halogens is 1. The SMILES string of the molecule is O=C(COC(=O)C(c1ccccc1)c1ccccc1)c1cccc(Cl)c1. The predicted octanol–water partition coefficient (Wildman–Crippen LogP) is 4.90. The molecule has 0 radical (unpaired) electrons. The largest absolute Gasteiger partial charge is 0.457 e. The molecule has 0 atom stereocenters. The molecule has 0 aliphatic rings. The van der Waals surface area contributed by atoms with E-state index in [9.17, 15) is 9.59 Å². The van der Waals surface area contributed by atoms with Crippen LogP contribution in [0.2, 0.25) is 5.02 Å². The molecular formula is C22H17ClO3. The average molecular weight is 365 g/mol. The van der Waals surface area contributed by atoms with Gasteiger partial charge in [0.1, 0.15) is 5.92 Å². The molecule has 0 unspecified atom stereocenters. The van der Waals surface area contributed by atoms with Crippen LogP contribution in [0, 0.1) is 0 Å². The minimum Gasteiger partial charge on any atom is -0.457 e. The van der Waals surface area contributed by atoms with Gasteiger partial charge in [-0.2, -0.15) is 0 Å². The number of ketones is 1. The third-order valence-electron chi connectivity index (χ3n) is 3.99. The number of ether oxygens (including phenoxy) is 1. The van der Waals surface area contributed by atoms with Crippen LogP contribution < -0.4 is 0 Å². The number of Topliss-reactive ketones (excluding diaryl/α,β-unsaturated/α-hetero) is 1. The minimum atomic E-state index is -0.579. The molecule has 0 aliphatic heterocycles. The van der Waals surface area contributed by atoms with Crippen molar-refractivity contribution in [2.75, 3.05) is 6.61 Å². The molecule has 26 heavy (non-hydrogen) atoms. The quantitative estimate of drug-likeness (QED) is 0.461. The van der Waals surface area contributed by atoms with E-state index in [1.807, 2.05) is 60.7 Å². The summed E-state index contributed by atoms with van der Waals surface area (Å²) in [5.74, 6) is -1.33.